The fraction of sp³-hybridized carbons (Fsp3) is 0.467. The van der Waals surface area contributed by atoms with E-state index in [0.29, 0.717) is 11.7 Å². The van der Waals surface area contributed by atoms with Crippen LogP contribution in [-0.2, 0) is 4.79 Å². The fourth-order valence-electron chi connectivity index (χ4n) is 2.10. The summed E-state index contributed by atoms with van der Waals surface area (Å²) >= 11 is 0. The average Bonchev–Trinajstić information content (AvgIpc) is 3.22. The summed E-state index contributed by atoms with van der Waals surface area (Å²) in [6, 6.07) is 6.94. The quantitative estimate of drug-likeness (QED) is 0.639. The maximum absolute atomic E-state index is 11.9. The van der Waals surface area contributed by atoms with Crippen LogP contribution < -0.4 is 21.7 Å². The van der Waals surface area contributed by atoms with Crippen molar-refractivity contribution in [2.75, 3.05) is 5.32 Å². The van der Waals surface area contributed by atoms with Gasteiger partial charge >= 0.3 is 6.03 Å². The smallest absolute Gasteiger partial charge is 0.316 e. The number of anilines is 1. The molecule has 6 nitrogen and oxygen atoms in total. The second-order valence-electron chi connectivity index (χ2n) is 5.50. The predicted octanol–water partition coefficient (Wildman–Crippen LogP) is 1.49. The van der Waals surface area contributed by atoms with Gasteiger partial charge in [0.15, 0.2) is 0 Å². The average molecular weight is 290 g/mol. The summed E-state index contributed by atoms with van der Waals surface area (Å²) in [5, 5.41) is 8.76. The molecule has 0 aromatic heterocycles. The van der Waals surface area contributed by atoms with E-state index in [9.17, 15) is 9.59 Å². The number of carbonyl (C=O) groups is 2. The molecular weight excluding hydrogens is 268 g/mol. The number of nitrogens with two attached hydrogens (primary N) is 1. The number of carbonyl (C=O) groups excluding carboxylic acids is 2. The molecule has 0 radical (unpaired) electrons. The van der Waals surface area contributed by atoms with Crippen LogP contribution in [-0.4, -0.2) is 24.0 Å². The molecule has 3 amide bonds. The molecule has 114 valence electrons. The Kier molecular flexibility index (Phi) is 4.80. The first-order valence-electron chi connectivity index (χ1n) is 7.18. The SMILES string of the molecule is CC(NC(C)c1ccc(NC(N)=O)cc1)C(=O)NC1CC1. The first-order chi connectivity index (χ1) is 9.95. The van der Waals surface area contributed by atoms with Crippen LogP contribution in [0.2, 0.25) is 0 Å². The van der Waals surface area contributed by atoms with E-state index in [-0.39, 0.29) is 18.0 Å². The summed E-state index contributed by atoms with van der Waals surface area (Å²) in [6.07, 6.45) is 2.17. The van der Waals surface area contributed by atoms with E-state index in [4.69, 9.17) is 5.73 Å². The van der Waals surface area contributed by atoms with Crippen LogP contribution in [0.4, 0.5) is 10.5 Å². The van der Waals surface area contributed by atoms with Crippen molar-refractivity contribution in [3.8, 4) is 0 Å². The Labute approximate surface area is 124 Å². The zero-order valence-corrected chi connectivity index (χ0v) is 12.3. The van der Waals surface area contributed by atoms with Crippen molar-refractivity contribution in [2.45, 2.75) is 44.8 Å². The van der Waals surface area contributed by atoms with Crippen molar-refractivity contribution in [1.82, 2.24) is 10.6 Å². The lowest BCUT2D eigenvalue weighted by Crippen LogP contribution is -2.43. The maximum atomic E-state index is 11.9. The summed E-state index contributed by atoms with van der Waals surface area (Å²) in [7, 11) is 0. The largest absolute Gasteiger partial charge is 0.352 e. The molecule has 2 atom stereocenters. The van der Waals surface area contributed by atoms with Gasteiger partial charge in [0.05, 0.1) is 6.04 Å². The molecule has 1 aliphatic carbocycles. The van der Waals surface area contributed by atoms with Gasteiger partial charge in [-0.15, -0.1) is 0 Å². The molecular formula is C15H22N4O2. The minimum Gasteiger partial charge on any atom is -0.352 e. The van der Waals surface area contributed by atoms with Crippen molar-refractivity contribution in [3.05, 3.63) is 29.8 Å². The van der Waals surface area contributed by atoms with E-state index in [1.54, 1.807) is 12.1 Å². The van der Waals surface area contributed by atoms with E-state index in [0.717, 1.165) is 18.4 Å². The van der Waals surface area contributed by atoms with Gasteiger partial charge in [-0.2, -0.15) is 0 Å². The third kappa shape index (κ3) is 4.75. The molecule has 0 bridgehead atoms. The second-order valence-corrected chi connectivity index (χ2v) is 5.50. The standard InChI is InChI=1S/C15H22N4O2/c1-9(17-10(2)14(20)18-12-7-8-12)11-3-5-13(6-4-11)19-15(16)21/h3-6,9-10,12,17H,7-8H2,1-2H3,(H,18,20)(H3,16,19,21). The van der Waals surface area contributed by atoms with Crippen molar-refractivity contribution in [3.63, 3.8) is 0 Å². The Bertz CT molecular complexity index is 511. The molecule has 0 heterocycles. The highest BCUT2D eigenvalue weighted by Gasteiger charge is 2.26. The van der Waals surface area contributed by atoms with E-state index in [1.807, 2.05) is 26.0 Å². The number of benzene rings is 1. The summed E-state index contributed by atoms with van der Waals surface area (Å²) in [5.41, 5.74) is 6.75. The molecule has 2 unspecified atom stereocenters. The van der Waals surface area contributed by atoms with Crippen molar-refractivity contribution < 1.29 is 9.59 Å². The number of amides is 3. The van der Waals surface area contributed by atoms with Crippen LogP contribution >= 0.6 is 0 Å². The Hall–Kier alpha value is -2.08. The molecule has 1 fully saturated rings. The zero-order chi connectivity index (χ0) is 15.4. The lowest BCUT2D eigenvalue weighted by molar-refractivity contribution is -0.123. The minimum atomic E-state index is -0.584. The fourth-order valence-corrected chi connectivity index (χ4v) is 2.10. The molecule has 2 rings (SSSR count). The van der Waals surface area contributed by atoms with E-state index >= 15 is 0 Å². The van der Waals surface area contributed by atoms with Crippen LogP contribution in [0.25, 0.3) is 0 Å². The molecule has 0 saturated heterocycles. The highest BCUT2D eigenvalue weighted by atomic mass is 16.2. The number of rotatable bonds is 6. The van der Waals surface area contributed by atoms with Crippen LogP contribution in [0.3, 0.4) is 0 Å². The second kappa shape index (κ2) is 6.58. The number of primary amides is 1. The summed E-state index contributed by atoms with van der Waals surface area (Å²) in [6.45, 7) is 3.86. The Morgan fingerprint density at radius 1 is 1.19 bits per heavy atom. The monoisotopic (exact) mass is 290 g/mol. The van der Waals surface area contributed by atoms with Crippen LogP contribution in [0, 0.1) is 0 Å². The lowest BCUT2D eigenvalue weighted by Gasteiger charge is -2.20. The molecule has 1 aliphatic rings. The number of hydrogen-bond donors (Lipinski definition) is 4. The Morgan fingerprint density at radius 3 is 2.33 bits per heavy atom. The molecule has 1 aromatic rings. The van der Waals surface area contributed by atoms with Gasteiger partial charge in [-0.05, 0) is 44.4 Å². The van der Waals surface area contributed by atoms with Gasteiger partial charge in [0.25, 0.3) is 0 Å². The maximum Gasteiger partial charge on any atom is 0.316 e. The summed E-state index contributed by atoms with van der Waals surface area (Å²) in [5.74, 6) is 0.0383. The van der Waals surface area contributed by atoms with Gasteiger partial charge in [-0.25, -0.2) is 4.79 Å². The van der Waals surface area contributed by atoms with Gasteiger partial charge in [0.1, 0.15) is 0 Å². The normalized spacial score (nSPS) is 16.9. The number of urea groups is 1. The predicted molar refractivity (Wildman–Crippen MR) is 81.8 cm³/mol. The molecule has 0 aliphatic heterocycles. The van der Waals surface area contributed by atoms with Gasteiger partial charge in [0.2, 0.25) is 5.91 Å². The summed E-state index contributed by atoms with van der Waals surface area (Å²) in [4.78, 5) is 22.7. The lowest BCUT2D eigenvalue weighted by atomic mass is 10.1. The van der Waals surface area contributed by atoms with Gasteiger partial charge in [0, 0.05) is 17.8 Å². The molecule has 1 aromatic carbocycles. The van der Waals surface area contributed by atoms with E-state index in [1.165, 1.54) is 0 Å². The highest BCUT2D eigenvalue weighted by molar-refractivity contribution is 5.87. The first kappa shape index (κ1) is 15.3. The molecule has 21 heavy (non-hydrogen) atoms. The Morgan fingerprint density at radius 2 is 1.81 bits per heavy atom. The van der Waals surface area contributed by atoms with Crippen LogP contribution in [0.5, 0.6) is 0 Å². The minimum absolute atomic E-state index is 0.0348. The van der Waals surface area contributed by atoms with Crippen molar-refractivity contribution in [2.24, 2.45) is 5.73 Å². The molecule has 1 saturated carbocycles. The van der Waals surface area contributed by atoms with E-state index in [2.05, 4.69) is 16.0 Å². The summed E-state index contributed by atoms with van der Waals surface area (Å²) < 4.78 is 0. The molecule has 6 heteroatoms. The Balaban J connectivity index is 1.87. The van der Waals surface area contributed by atoms with E-state index < -0.39 is 6.03 Å². The van der Waals surface area contributed by atoms with Crippen molar-refractivity contribution in [1.29, 1.82) is 0 Å². The van der Waals surface area contributed by atoms with Crippen LogP contribution in [0.1, 0.15) is 38.3 Å². The zero-order valence-electron chi connectivity index (χ0n) is 12.3. The molecule has 0 spiro atoms. The van der Waals surface area contributed by atoms with Crippen molar-refractivity contribution >= 4 is 17.6 Å². The first-order valence-corrected chi connectivity index (χ1v) is 7.18. The third-order valence-electron chi connectivity index (χ3n) is 3.50. The third-order valence-corrected chi connectivity index (χ3v) is 3.50. The topological polar surface area (TPSA) is 96.2 Å². The number of hydrogen-bond acceptors (Lipinski definition) is 3. The van der Waals surface area contributed by atoms with Crippen LogP contribution in [0.15, 0.2) is 24.3 Å². The number of nitrogens with one attached hydrogen (secondary N) is 3. The molecule has 5 N–H and O–H groups in total. The highest BCUT2D eigenvalue weighted by Crippen LogP contribution is 2.19. The van der Waals surface area contributed by atoms with Gasteiger partial charge in [-0.3, -0.25) is 10.1 Å². The van der Waals surface area contributed by atoms with Gasteiger partial charge in [-0.1, -0.05) is 12.1 Å². The van der Waals surface area contributed by atoms with Gasteiger partial charge < -0.3 is 16.4 Å².